The highest BCUT2D eigenvalue weighted by Gasteiger charge is 2.45. The quantitative estimate of drug-likeness (QED) is 0.707. The lowest BCUT2D eigenvalue weighted by molar-refractivity contribution is -0.157. The number of carbonyl (C=O) groups excluding carboxylic acids is 1. The van der Waals surface area contributed by atoms with Gasteiger partial charge in [-0.2, -0.15) is 0 Å². The van der Waals surface area contributed by atoms with E-state index in [-0.39, 0.29) is 12.3 Å². The summed E-state index contributed by atoms with van der Waals surface area (Å²) in [7, 11) is 4.68. The molecule has 1 aromatic rings. The van der Waals surface area contributed by atoms with Gasteiger partial charge >= 0.3 is 5.97 Å². The van der Waals surface area contributed by atoms with Gasteiger partial charge in [-0.3, -0.25) is 9.59 Å². The average Bonchev–Trinajstić information content (AvgIpc) is 2.57. The van der Waals surface area contributed by atoms with Gasteiger partial charge < -0.3 is 24.6 Å². The molecule has 1 aliphatic carbocycles. The number of hydrogen-bond donors (Lipinski definition) is 2. The Balaban J connectivity index is 1.97. The first-order chi connectivity index (χ1) is 12.0. The predicted molar refractivity (Wildman–Crippen MR) is 91.3 cm³/mol. The molecule has 0 aromatic heterocycles. The fourth-order valence-electron chi connectivity index (χ4n) is 3.09. The highest BCUT2D eigenvalue weighted by Crippen LogP contribution is 2.44. The molecule has 0 aliphatic heterocycles. The van der Waals surface area contributed by atoms with E-state index in [4.69, 9.17) is 14.2 Å². The summed E-state index contributed by atoms with van der Waals surface area (Å²) in [6.45, 7) is 0.369. The maximum atomic E-state index is 12.1. The number of rotatable bonds is 9. The van der Waals surface area contributed by atoms with Crippen LogP contribution in [0.1, 0.15) is 31.2 Å². The van der Waals surface area contributed by atoms with Gasteiger partial charge in [0, 0.05) is 30.7 Å². The molecule has 0 atom stereocenters. The van der Waals surface area contributed by atoms with Crippen molar-refractivity contribution in [2.45, 2.75) is 32.1 Å². The SMILES string of the molecule is COc1cc(OC)c(CCNC(=O)CC2(C(=O)O)CCC2)c(OC)c1. The Morgan fingerprint density at radius 1 is 1.12 bits per heavy atom. The van der Waals surface area contributed by atoms with Crippen molar-refractivity contribution in [3.63, 3.8) is 0 Å². The van der Waals surface area contributed by atoms with E-state index in [1.807, 2.05) is 0 Å². The summed E-state index contributed by atoms with van der Waals surface area (Å²) in [5, 5.41) is 12.1. The van der Waals surface area contributed by atoms with Crippen LogP contribution in [0.3, 0.4) is 0 Å². The Labute approximate surface area is 147 Å². The third-order valence-electron chi connectivity index (χ3n) is 4.78. The highest BCUT2D eigenvalue weighted by atomic mass is 16.5. The summed E-state index contributed by atoms with van der Waals surface area (Å²) in [4.78, 5) is 23.4. The van der Waals surface area contributed by atoms with Crippen LogP contribution in [0, 0.1) is 5.41 Å². The van der Waals surface area contributed by atoms with Gasteiger partial charge in [-0.25, -0.2) is 0 Å². The molecule has 1 aliphatic rings. The number of nitrogens with one attached hydrogen (secondary N) is 1. The van der Waals surface area contributed by atoms with E-state index < -0.39 is 11.4 Å². The minimum absolute atomic E-state index is 0.0270. The number of ether oxygens (including phenoxy) is 3. The second-order valence-corrected chi connectivity index (χ2v) is 6.23. The third kappa shape index (κ3) is 4.15. The van der Waals surface area contributed by atoms with Gasteiger partial charge in [-0.1, -0.05) is 6.42 Å². The van der Waals surface area contributed by atoms with E-state index in [1.165, 1.54) is 0 Å². The number of carboxylic acids is 1. The molecule has 0 radical (unpaired) electrons. The summed E-state index contributed by atoms with van der Waals surface area (Å²) in [5.41, 5.74) is -0.0535. The Kier molecular flexibility index (Phi) is 6.12. The van der Waals surface area contributed by atoms with E-state index >= 15 is 0 Å². The van der Waals surface area contributed by atoms with Crippen molar-refractivity contribution in [2.24, 2.45) is 5.41 Å². The Bertz CT molecular complexity index is 613. The molecule has 0 heterocycles. The monoisotopic (exact) mass is 351 g/mol. The number of amides is 1. The zero-order valence-corrected chi connectivity index (χ0v) is 14.9. The maximum absolute atomic E-state index is 12.1. The summed E-state index contributed by atoms with van der Waals surface area (Å²) < 4.78 is 16.0. The molecule has 2 rings (SSSR count). The van der Waals surface area contributed by atoms with Crippen LogP contribution in [0.4, 0.5) is 0 Å². The largest absolute Gasteiger partial charge is 0.496 e. The van der Waals surface area contributed by atoms with Crippen molar-refractivity contribution >= 4 is 11.9 Å². The first-order valence-electron chi connectivity index (χ1n) is 8.24. The summed E-state index contributed by atoms with van der Waals surface area (Å²) >= 11 is 0. The summed E-state index contributed by atoms with van der Waals surface area (Å²) in [6, 6.07) is 3.51. The molecule has 1 saturated carbocycles. The van der Waals surface area contributed by atoms with Crippen LogP contribution in [0.25, 0.3) is 0 Å². The van der Waals surface area contributed by atoms with E-state index in [2.05, 4.69) is 5.32 Å². The Morgan fingerprint density at radius 2 is 1.72 bits per heavy atom. The fraction of sp³-hybridized carbons (Fsp3) is 0.556. The van der Waals surface area contributed by atoms with Crippen LogP contribution < -0.4 is 19.5 Å². The number of aliphatic carboxylic acids is 1. The minimum atomic E-state index is -0.882. The molecule has 1 aromatic carbocycles. The van der Waals surface area contributed by atoms with Crippen LogP contribution in [0.2, 0.25) is 0 Å². The van der Waals surface area contributed by atoms with Crippen LogP contribution in [0.5, 0.6) is 17.2 Å². The Morgan fingerprint density at radius 3 is 2.12 bits per heavy atom. The van der Waals surface area contributed by atoms with Crippen LogP contribution in [-0.2, 0) is 16.0 Å². The first kappa shape index (κ1) is 18.9. The molecule has 1 fully saturated rings. The molecule has 1 amide bonds. The van der Waals surface area contributed by atoms with Crippen molar-refractivity contribution in [3.8, 4) is 17.2 Å². The normalized spacial score (nSPS) is 15.0. The van der Waals surface area contributed by atoms with Gasteiger partial charge in [-0.15, -0.1) is 0 Å². The third-order valence-corrected chi connectivity index (χ3v) is 4.78. The molecule has 0 unspecified atom stereocenters. The lowest BCUT2D eigenvalue weighted by Crippen LogP contribution is -2.42. The van der Waals surface area contributed by atoms with Crippen molar-refractivity contribution < 1.29 is 28.9 Å². The van der Waals surface area contributed by atoms with Gasteiger partial charge in [0.2, 0.25) is 5.91 Å². The van der Waals surface area contributed by atoms with E-state index in [1.54, 1.807) is 33.5 Å². The second-order valence-electron chi connectivity index (χ2n) is 6.23. The van der Waals surface area contributed by atoms with E-state index in [0.717, 1.165) is 12.0 Å². The van der Waals surface area contributed by atoms with Crippen molar-refractivity contribution in [1.82, 2.24) is 5.32 Å². The van der Waals surface area contributed by atoms with Crippen LogP contribution >= 0.6 is 0 Å². The average molecular weight is 351 g/mol. The molecule has 7 heteroatoms. The smallest absolute Gasteiger partial charge is 0.310 e. The standard InChI is InChI=1S/C18H25NO6/c1-23-12-9-14(24-2)13(15(10-12)25-3)5-8-19-16(20)11-18(17(21)22)6-4-7-18/h9-10H,4-8,11H2,1-3H3,(H,19,20)(H,21,22). The molecular formula is C18H25NO6. The number of benzene rings is 1. The molecule has 0 saturated heterocycles. The van der Waals surface area contributed by atoms with Gasteiger partial charge in [-0.05, 0) is 19.3 Å². The van der Waals surface area contributed by atoms with Gasteiger partial charge in [0.15, 0.2) is 0 Å². The van der Waals surface area contributed by atoms with Gasteiger partial charge in [0.25, 0.3) is 0 Å². The van der Waals surface area contributed by atoms with Crippen molar-refractivity contribution in [2.75, 3.05) is 27.9 Å². The van der Waals surface area contributed by atoms with Crippen molar-refractivity contribution in [3.05, 3.63) is 17.7 Å². The van der Waals surface area contributed by atoms with Crippen LogP contribution in [-0.4, -0.2) is 44.9 Å². The molecule has 2 N–H and O–H groups in total. The molecular weight excluding hydrogens is 326 g/mol. The number of carbonyl (C=O) groups is 2. The number of carboxylic acid groups (broad SMARTS) is 1. The molecule has 0 spiro atoms. The van der Waals surface area contributed by atoms with E-state index in [0.29, 0.717) is 43.1 Å². The topological polar surface area (TPSA) is 94.1 Å². The lowest BCUT2D eigenvalue weighted by Gasteiger charge is -2.36. The number of hydrogen-bond acceptors (Lipinski definition) is 5. The molecule has 138 valence electrons. The minimum Gasteiger partial charge on any atom is -0.496 e. The molecule has 25 heavy (non-hydrogen) atoms. The zero-order chi connectivity index (χ0) is 18.4. The number of methoxy groups -OCH3 is 3. The fourth-order valence-corrected chi connectivity index (χ4v) is 3.09. The molecule has 7 nitrogen and oxygen atoms in total. The highest BCUT2D eigenvalue weighted by molar-refractivity contribution is 5.85. The van der Waals surface area contributed by atoms with Crippen LogP contribution in [0.15, 0.2) is 12.1 Å². The van der Waals surface area contributed by atoms with Crippen molar-refractivity contribution in [1.29, 1.82) is 0 Å². The molecule has 0 bridgehead atoms. The maximum Gasteiger partial charge on any atom is 0.310 e. The zero-order valence-electron chi connectivity index (χ0n) is 14.9. The Hall–Kier alpha value is -2.44. The predicted octanol–water partition coefficient (Wildman–Crippen LogP) is 2.02. The first-order valence-corrected chi connectivity index (χ1v) is 8.24. The summed E-state index contributed by atoms with van der Waals surface area (Å²) in [5.74, 6) is 0.730. The van der Waals surface area contributed by atoms with E-state index in [9.17, 15) is 14.7 Å². The summed E-state index contributed by atoms with van der Waals surface area (Å²) in [6.07, 6.45) is 2.52. The second kappa shape index (κ2) is 8.09. The van der Waals surface area contributed by atoms with Gasteiger partial charge in [0.05, 0.1) is 26.7 Å². The van der Waals surface area contributed by atoms with Gasteiger partial charge in [0.1, 0.15) is 17.2 Å². The lowest BCUT2D eigenvalue weighted by atomic mass is 9.66.